The Labute approximate surface area is 204 Å². The molecular weight excluding hydrogens is 444 g/mol. The number of hydrogen-bond donors (Lipinski definition) is 2. The van der Waals surface area contributed by atoms with Crippen LogP contribution in [0.5, 0.6) is 0 Å². The first-order valence-corrected chi connectivity index (χ1v) is 13.1. The highest BCUT2D eigenvalue weighted by atomic mass is 32.1. The molecule has 2 aromatic heterocycles. The van der Waals surface area contributed by atoms with Crippen molar-refractivity contribution in [3.63, 3.8) is 0 Å². The minimum Gasteiger partial charge on any atom is -0.352 e. The number of fused-ring (bicyclic) bond motifs is 3. The number of aromatic nitrogens is 3. The van der Waals surface area contributed by atoms with Gasteiger partial charge in [0.1, 0.15) is 0 Å². The smallest absolute Gasteiger partial charge is 0.251 e. The van der Waals surface area contributed by atoms with Crippen LogP contribution in [0.1, 0.15) is 49.0 Å². The maximum atomic E-state index is 12.6. The summed E-state index contributed by atoms with van der Waals surface area (Å²) < 4.78 is 2.89. The van der Waals surface area contributed by atoms with Gasteiger partial charge in [-0.05, 0) is 62.7 Å². The van der Waals surface area contributed by atoms with Crippen LogP contribution in [0.15, 0.2) is 42.5 Å². The molecule has 1 amide bonds. The third kappa shape index (κ3) is 5.14. The second-order valence-electron chi connectivity index (χ2n) is 8.90. The lowest BCUT2D eigenvalue weighted by atomic mass is 10.1. The van der Waals surface area contributed by atoms with Gasteiger partial charge in [0.15, 0.2) is 5.82 Å². The van der Waals surface area contributed by atoms with Crippen molar-refractivity contribution in [2.45, 2.75) is 45.7 Å². The van der Waals surface area contributed by atoms with E-state index in [9.17, 15) is 4.79 Å². The summed E-state index contributed by atoms with van der Waals surface area (Å²) in [7, 11) is 0. The number of hydrogen-bond acceptors (Lipinski definition) is 6. The fraction of sp³-hybridized carbons (Fsp3) is 0.423. The first-order valence-electron chi connectivity index (χ1n) is 12.3. The Morgan fingerprint density at radius 3 is 2.68 bits per heavy atom. The van der Waals surface area contributed by atoms with Crippen LogP contribution in [0.3, 0.4) is 0 Å². The van der Waals surface area contributed by atoms with E-state index in [1.54, 1.807) is 11.3 Å². The zero-order chi connectivity index (χ0) is 23.5. The minimum absolute atomic E-state index is 0.0302. The molecule has 0 radical (unpaired) electrons. The second-order valence-corrected chi connectivity index (χ2v) is 9.91. The zero-order valence-electron chi connectivity index (χ0n) is 19.9. The predicted octanol–water partition coefficient (Wildman–Crippen LogP) is 4.32. The van der Waals surface area contributed by atoms with Crippen LogP contribution >= 0.6 is 11.3 Å². The molecule has 0 saturated heterocycles. The van der Waals surface area contributed by atoms with E-state index in [4.69, 9.17) is 10.1 Å². The Bertz CT molecular complexity index is 1270. The van der Waals surface area contributed by atoms with Crippen molar-refractivity contribution in [1.29, 1.82) is 0 Å². The third-order valence-corrected chi connectivity index (χ3v) is 7.44. The van der Waals surface area contributed by atoms with Gasteiger partial charge in [0.25, 0.3) is 5.91 Å². The monoisotopic (exact) mass is 476 g/mol. The van der Waals surface area contributed by atoms with Crippen LogP contribution in [0, 0.1) is 0 Å². The van der Waals surface area contributed by atoms with Crippen molar-refractivity contribution in [3.05, 3.63) is 53.6 Å². The average Bonchev–Trinajstić information content (AvgIpc) is 3.51. The van der Waals surface area contributed by atoms with Gasteiger partial charge in [0, 0.05) is 30.3 Å². The van der Waals surface area contributed by atoms with Crippen LogP contribution in [-0.2, 0) is 6.54 Å². The Balaban J connectivity index is 1.25. The first-order chi connectivity index (χ1) is 16.6. The Kier molecular flexibility index (Phi) is 6.89. The molecule has 2 aromatic carbocycles. The number of thiazole rings is 1. The topological polar surface area (TPSA) is 74.6 Å². The highest BCUT2D eigenvalue weighted by Crippen LogP contribution is 2.28. The standard InChI is InChI=1S/C26H32N6OS/c1-3-31(4-2)15-5-14-27-25(33)20-10-13-22-23(16-20)34-26-29-24(30-32(22)26)19-8-6-18(7-9-19)17-28-21-11-12-21/h6-10,13,16,21,28H,3-5,11-12,14-15,17H2,1-2H3,(H,27,33). The van der Waals surface area contributed by atoms with Crippen LogP contribution in [-0.4, -0.2) is 57.6 Å². The average molecular weight is 477 g/mol. The van der Waals surface area contributed by atoms with E-state index >= 15 is 0 Å². The van der Waals surface area contributed by atoms with E-state index < -0.39 is 0 Å². The molecule has 2 N–H and O–H groups in total. The predicted molar refractivity (Wildman–Crippen MR) is 138 cm³/mol. The summed E-state index contributed by atoms with van der Waals surface area (Å²) in [5.74, 6) is 0.697. The summed E-state index contributed by atoms with van der Waals surface area (Å²) in [6.07, 6.45) is 3.54. The fourth-order valence-electron chi connectivity index (χ4n) is 4.12. The third-order valence-electron chi connectivity index (χ3n) is 6.44. The highest BCUT2D eigenvalue weighted by Gasteiger charge is 2.20. The molecule has 0 atom stereocenters. The molecule has 5 rings (SSSR count). The van der Waals surface area contributed by atoms with Gasteiger partial charge in [-0.2, -0.15) is 4.98 Å². The van der Waals surface area contributed by atoms with Gasteiger partial charge in [0.05, 0.1) is 10.2 Å². The lowest BCUT2D eigenvalue weighted by Gasteiger charge is -2.17. The van der Waals surface area contributed by atoms with Crippen LogP contribution < -0.4 is 10.6 Å². The summed E-state index contributed by atoms with van der Waals surface area (Å²) in [5.41, 5.74) is 3.94. The van der Waals surface area contributed by atoms with E-state index in [1.165, 1.54) is 18.4 Å². The molecule has 0 bridgehead atoms. The van der Waals surface area contributed by atoms with Crippen LogP contribution in [0.4, 0.5) is 0 Å². The molecule has 34 heavy (non-hydrogen) atoms. The first kappa shape index (κ1) is 23.0. The molecular formula is C26H32N6OS. The maximum Gasteiger partial charge on any atom is 0.251 e. The summed E-state index contributed by atoms with van der Waals surface area (Å²) in [5, 5.41) is 11.3. The van der Waals surface area contributed by atoms with Gasteiger partial charge in [-0.3, -0.25) is 4.79 Å². The number of carbonyl (C=O) groups is 1. The van der Waals surface area contributed by atoms with Crippen molar-refractivity contribution in [2.75, 3.05) is 26.2 Å². The van der Waals surface area contributed by atoms with Crippen LogP contribution in [0.25, 0.3) is 26.6 Å². The van der Waals surface area contributed by atoms with Crippen molar-refractivity contribution >= 4 is 32.4 Å². The molecule has 4 aromatic rings. The molecule has 0 unspecified atom stereocenters. The fourth-order valence-corrected chi connectivity index (χ4v) is 5.12. The molecule has 1 aliphatic rings. The number of rotatable bonds is 11. The van der Waals surface area contributed by atoms with E-state index in [1.807, 2.05) is 22.7 Å². The minimum atomic E-state index is -0.0302. The molecule has 1 saturated carbocycles. The van der Waals surface area contributed by atoms with Gasteiger partial charge < -0.3 is 15.5 Å². The van der Waals surface area contributed by atoms with Crippen LogP contribution in [0.2, 0.25) is 0 Å². The van der Waals surface area contributed by atoms with Gasteiger partial charge in [-0.15, -0.1) is 5.10 Å². The Hall–Kier alpha value is -2.81. The van der Waals surface area contributed by atoms with E-state index in [2.05, 4.69) is 53.6 Å². The maximum absolute atomic E-state index is 12.6. The summed E-state index contributed by atoms with van der Waals surface area (Å²) >= 11 is 1.56. The summed E-state index contributed by atoms with van der Waals surface area (Å²) in [4.78, 5) is 20.6. The number of nitrogens with one attached hydrogen (secondary N) is 2. The van der Waals surface area contributed by atoms with Gasteiger partial charge in [-0.25, -0.2) is 4.52 Å². The Morgan fingerprint density at radius 1 is 1.15 bits per heavy atom. The molecule has 0 aliphatic heterocycles. The SMILES string of the molecule is CCN(CC)CCCNC(=O)c1ccc2c(c1)sc1nc(-c3ccc(CNC4CC4)cc3)nn12. The molecule has 7 nitrogen and oxygen atoms in total. The lowest BCUT2D eigenvalue weighted by molar-refractivity contribution is 0.0952. The largest absolute Gasteiger partial charge is 0.352 e. The lowest BCUT2D eigenvalue weighted by Crippen LogP contribution is -2.29. The Morgan fingerprint density at radius 2 is 1.94 bits per heavy atom. The van der Waals surface area contributed by atoms with Gasteiger partial charge in [-0.1, -0.05) is 49.4 Å². The van der Waals surface area contributed by atoms with Crippen molar-refractivity contribution in [2.24, 2.45) is 0 Å². The molecule has 1 fully saturated rings. The van der Waals surface area contributed by atoms with Crippen molar-refractivity contribution in [3.8, 4) is 11.4 Å². The molecule has 0 spiro atoms. The quantitative estimate of drug-likeness (QED) is 0.315. The summed E-state index contributed by atoms with van der Waals surface area (Å²) in [6.45, 7) is 9.01. The molecule has 2 heterocycles. The number of carbonyl (C=O) groups excluding carboxylic acids is 1. The van der Waals surface area contributed by atoms with E-state index in [0.717, 1.165) is 59.2 Å². The number of nitrogens with zero attached hydrogens (tertiary/aromatic N) is 4. The molecule has 1 aliphatic carbocycles. The van der Waals surface area contributed by atoms with Gasteiger partial charge >= 0.3 is 0 Å². The van der Waals surface area contributed by atoms with Crippen molar-refractivity contribution in [1.82, 2.24) is 30.1 Å². The number of benzene rings is 2. The summed E-state index contributed by atoms with van der Waals surface area (Å²) in [6, 6.07) is 15.0. The highest BCUT2D eigenvalue weighted by molar-refractivity contribution is 7.23. The van der Waals surface area contributed by atoms with Crippen molar-refractivity contribution < 1.29 is 4.79 Å². The van der Waals surface area contributed by atoms with Gasteiger partial charge in [0.2, 0.25) is 4.96 Å². The normalized spacial score (nSPS) is 13.9. The zero-order valence-corrected chi connectivity index (χ0v) is 20.7. The van der Waals surface area contributed by atoms with E-state index in [0.29, 0.717) is 18.2 Å². The van der Waals surface area contributed by atoms with E-state index in [-0.39, 0.29) is 5.91 Å². The number of amides is 1. The molecule has 178 valence electrons. The molecule has 8 heteroatoms. The second kappa shape index (κ2) is 10.2.